The van der Waals surface area contributed by atoms with Crippen LogP contribution < -0.4 is 5.32 Å². The lowest BCUT2D eigenvalue weighted by Crippen LogP contribution is -2.34. The van der Waals surface area contributed by atoms with Gasteiger partial charge in [0, 0.05) is 16.3 Å². The van der Waals surface area contributed by atoms with Crippen LogP contribution in [0.15, 0.2) is 29.2 Å². The zero-order valence-electron chi connectivity index (χ0n) is 11.2. The van der Waals surface area contributed by atoms with Crippen molar-refractivity contribution in [3.63, 3.8) is 0 Å². The fourth-order valence-electron chi connectivity index (χ4n) is 2.54. The first-order chi connectivity index (χ1) is 9.22. The Kier molecular flexibility index (Phi) is 5.76. The lowest BCUT2D eigenvalue weighted by Gasteiger charge is -2.27. The van der Waals surface area contributed by atoms with E-state index in [0.717, 1.165) is 17.0 Å². The molecule has 0 spiro atoms. The summed E-state index contributed by atoms with van der Waals surface area (Å²) in [6.45, 7) is 0.775. The maximum Gasteiger partial charge on any atom is 0.252 e. The standard InChI is InChI=1S/C15H20BrNOS/c1-19-14-9-5-3-7-12(14)15(18)17-10-11-6-2-4-8-13(11)16/h3,5,7,9,11,13H,2,4,6,8,10H2,1H3,(H,17,18). The molecular weight excluding hydrogens is 322 g/mol. The number of nitrogens with one attached hydrogen (secondary N) is 1. The number of carbonyl (C=O) groups excluding carboxylic acids is 1. The molecule has 1 aliphatic carbocycles. The maximum atomic E-state index is 12.2. The molecule has 4 heteroatoms. The molecule has 2 unspecified atom stereocenters. The van der Waals surface area contributed by atoms with Gasteiger partial charge in [-0.05, 0) is 37.1 Å². The lowest BCUT2D eigenvalue weighted by molar-refractivity contribution is 0.0941. The number of halogens is 1. The largest absolute Gasteiger partial charge is 0.352 e. The van der Waals surface area contributed by atoms with Crippen LogP contribution in [0.4, 0.5) is 0 Å². The monoisotopic (exact) mass is 341 g/mol. The van der Waals surface area contributed by atoms with Crippen LogP contribution in [0.25, 0.3) is 0 Å². The van der Waals surface area contributed by atoms with Crippen LogP contribution in [0.1, 0.15) is 36.0 Å². The summed E-state index contributed by atoms with van der Waals surface area (Å²) in [7, 11) is 0. The third-order valence-electron chi connectivity index (χ3n) is 3.69. The van der Waals surface area contributed by atoms with Crippen molar-refractivity contribution < 1.29 is 4.79 Å². The fraction of sp³-hybridized carbons (Fsp3) is 0.533. The average molecular weight is 342 g/mol. The first kappa shape index (κ1) is 14.9. The normalized spacial score (nSPS) is 23.1. The zero-order valence-corrected chi connectivity index (χ0v) is 13.6. The average Bonchev–Trinajstić information content (AvgIpc) is 2.46. The van der Waals surface area contributed by atoms with E-state index in [0.29, 0.717) is 10.7 Å². The molecule has 0 radical (unpaired) electrons. The first-order valence-corrected chi connectivity index (χ1v) is 8.91. The van der Waals surface area contributed by atoms with Gasteiger partial charge in [0.15, 0.2) is 0 Å². The van der Waals surface area contributed by atoms with E-state index in [1.54, 1.807) is 11.8 Å². The molecular formula is C15H20BrNOS. The predicted octanol–water partition coefficient (Wildman–Crippen LogP) is 4.09. The molecule has 0 aromatic heterocycles. The third-order valence-corrected chi connectivity index (χ3v) is 5.69. The summed E-state index contributed by atoms with van der Waals surface area (Å²) in [5, 5.41) is 3.09. The number of hydrogen-bond acceptors (Lipinski definition) is 2. The third kappa shape index (κ3) is 3.99. The highest BCUT2D eigenvalue weighted by Crippen LogP contribution is 2.29. The quantitative estimate of drug-likeness (QED) is 0.660. The summed E-state index contributed by atoms with van der Waals surface area (Å²) in [5.41, 5.74) is 0.789. The van der Waals surface area contributed by atoms with Crippen LogP contribution in [0.5, 0.6) is 0 Å². The molecule has 1 fully saturated rings. The molecule has 0 heterocycles. The highest BCUT2D eigenvalue weighted by Gasteiger charge is 2.23. The number of hydrogen-bond donors (Lipinski definition) is 1. The Labute approximate surface area is 127 Å². The van der Waals surface area contributed by atoms with E-state index in [2.05, 4.69) is 21.2 Å². The zero-order chi connectivity index (χ0) is 13.7. The molecule has 1 aromatic carbocycles. The van der Waals surface area contributed by atoms with Gasteiger partial charge in [0.1, 0.15) is 0 Å². The Hall–Kier alpha value is -0.480. The Bertz CT molecular complexity index is 438. The van der Waals surface area contributed by atoms with Gasteiger partial charge in [0.05, 0.1) is 5.56 Å². The lowest BCUT2D eigenvalue weighted by atomic mass is 9.89. The van der Waals surface area contributed by atoms with Gasteiger partial charge in [-0.2, -0.15) is 0 Å². The van der Waals surface area contributed by atoms with Gasteiger partial charge >= 0.3 is 0 Å². The van der Waals surface area contributed by atoms with E-state index in [1.807, 2.05) is 30.5 Å². The summed E-state index contributed by atoms with van der Waals surface area (Å²) in [5.74, 6) is 0.620. The molecule has 104 valence electrons. The van der Waals surface area contributed by atoms with Gasteiger partial charge in [-0.1, -0.05) is 40.9 Å². The maximum absolute atomic E-state index is 12.2. The molecule has 1 aromatic rings. The highest BCUT2D eigenvalue weighted by molar-refractivity contribution is 9.09. The van der Waals surface area contributed by atoms with Crippen LogP contribution >= 0.6 is 27.7 Å². The summed E-state index contributed by atoms with van der Waals surface area (Å²) >= 11 is 5.35. The molecule has 1 saturated carbocycles. The molecule has 2 rings (SSSR count). The number of thioether (sulfide) groups is 1. The van der Waals surface area contributed by atoms with Crippen LogP contribution in [-0.2, 0) is 0 Å². The molecule has 1 aliphatic rings. The van der Waals surface area contributed by atoms with Crippen molar-refractivity contribution >= 4 is 33.6 Å². The number of benzene rings is 1. The first-order valence-electron chi connectivity index (χ1n) is 6.77. The van der Waals surface area contributed by atoms with Gasteiger partial charge in [-0.25, -0.2) is 0 Å². The van der Waals surface area contributed by atoms with E-state index >= 15 is 0 Å². The Morgan fingerprint density at radius 2 is 2.11 bits per heavy atom. The van der Waals surface area contributed by atoms with Crippen molar-refractivity contribution in [2.24, 2.45) is 5.92 Å². The summed E-state index contributed by atoms with van der Waals surface area (Å²) in [4.78, 5) is 13.8. The number of amides is 1. The van der Waals surface area contributed by atoms with E-state index < -0.39 is 0 Å². The predicted molar refractivity (Wildman–Crippen MR) is 85.2 cm³/mol. The van der Waals surface area contributed by atoms with Crippen molar-refractivity contribution in [3.05, 3.63) is 29.8 Å². The van der Waals surface area contributed by atoms with Crippen molar-refractivity contribution in [2.45, 2.75) is 35.4 Å². The van der Waals surface area contributed by atoms with Crippen molar-refractivity contribution in [3.8, 4) is 0 Å². The van der Waals surface area contributed by atoms with Gasteiger partial charge in [0.2, 0.25) is 0 Å². The van der Waals surface area contributed by atoms with E-state index in [9.17, 15) is 4.79 Å². The number of alkyl halides is 1. The molecule has 1 N–H and O–H groups in total. The van der Waals surface area contributed by atoms with Crippen LogP contribution in [0, 0.1) is 5.92 Å². The Morgan fingerprint density at radius 1 is 1.37 bits per heavy atom. The second kappa shape index (κ2) is 7.34. The van der Waals surface area contributed by atoms with Crippen molar-refractivity contribution in [1.29, 1.82) is 0 Å². The SMILES string of the molecule is CSc1ccccc1C(=O)NCC1CCCCC1Br. The van der Waals surface area contributed by atoms with E-state index in [-0.39, 0.29) is 5.91 Å². The number of carbonyl (C=O) groups is 1. The minimum Gasteiger partial charge on any atom is -0.352 e. The van der Waals surface area contributed by atoms with Gasteiger partial charge < -0.3 is 5.32 Å². The Morgan fingerprint density at radius 3 is 2.84 bits per heavy atom. The smallest absolute Gasteiger partial charge is 0.252 e. The molecule has 2 nitrogen and oxygen atoms in total. The highest BCUT2D eigenvalue weighted by atomic mass is 79.9. The van der Waals surface area contributed by atoms with Crippen LogP contribution in [0.3, 0.4) is 0 Å². The minimum absolute atomic E-state index is 0.0511. The second-order valence-electron chi connectivity index (χ2n) is 4.97. The summed E-state index contributed by atoms with van der Waals surface area (Å²) < 4.78 is 0. The molecule has 19 heavy (non-hydrogen) atoms. The van der Waals surface area contributed by atoms with Crippen molar-refractivity contribution in [2.75, 3.05) is 12.8 Å². The molecule has 0 bridgehead atoms. The van der Waals surface area contributed by atoms with E-state index in [1.165, 1.54) is 25.7 Å². The van der Waals surface area contributed by atoms with Crippen molar-refractivity contribution in [1.82, 2.24) is 5.32 Å². The second-order valence-corrected chi connectivity index (χ2v) is 7.00. The number of rotatable bonds is 4. The molecule has 0 saturated heterocycles. The van der Waals surface area contributed by atoms with Crippen LogP contribution in [0.2, 0.25) is 0 Å². The topological polar surface area (TPSA) is 29.1 Å². The van der Waals surface area contributed by atoms with Gasteiger partial charge in [0.25, 0.3) is 5.91 Å². The molecule has 1 amide bonds. The molecule has 0 aliphatic heterocycles. The Balaban J connectivity index is 1.93. The summed E-state index contributed by atoms with van der Waals surface area (Å²) in [6.07, 6.45) is 7.02. The van der Waals surface area contributed by atoms with Gasteiger partial charge in [-0.3, -0.25) is 4.79 Å². The molecule has 2 atom stereocenters. The van der Waals surface area contributed by atoms with Gasteiger partial charge in [-0.15, -0.1) is 11.8 Å². The van der Waals surface area contributed by atoms with E-state index in [4.69, 9.17) is 0 Å². The summed E-state index contributed by atoms with van der Waals surface area (Å²) in [6, 6.07) is 7.78. The minimum atomic E-state index is 0.0511. The van der Waals surface area contributed by atoms with Crippen LogP contribution in [-0.4, -0.2) is 23.5 Å². The fourth-order valence-corrected chi connectivity index (χ4v) is 3.91.